The van der Waals surface area contributed by atoms with Crippen LogP contribution in [0.4, 0.5) is 0 Å². The van der Waals surface area contributed by atoms with Gasteiger partial charge in [-0.2, -0.15) is 0 Å². The molecule has 0 saturated carbocycles. The van der Waals surface area contributed by atoms with Crippen molar-refractivity contribution in [3.63, 3.8) is 0 Å². The molecule has 0 aliphatic carbocycles. The van der Waals surface area contributed by atoms with Gasteiger partial charge >= 0.3 is 0 Å². The summed E-state index contributed by atoms with van der Waals surface area (Å²) in [5.74, 6) is 0.0523. The molecule has 2 rings (SSSR count). The summed E-state index contributed by atoms with van der Waals surface area (Å²) in [6.07, 6.45) is 1.76. The van der Waals surface area contributed by atoms with Crippen molar-refractivity contribution in [1.82, 2.24) is 9.80 Å². The Bertz CT molecular complexity index is 453. The highest BCUT2D eigenvalue weighted by Crippen LogP contribution is 2.14. The first-order valence-corrected chi connectivity index (χ1v) is 7.46. The summed E-state index contributed by atoms with van der Waals surface area (Å²) < 4.78 is 0. The fourth-order valence-electron chi connectivity index (χ4n) is 2.50. The van der Waals surface area contributed by atoms with Crippen molar-refractivity contribution in [3.05, 3.63) is 34.9 Å². The zero-order valence-electron chi connectivity index (χ0n) is 11.6. The second-order valence-electron chi connectivity index (χ2n) is 5.07. The third kappa shape index (κ3) is 4.20. The summed E-state index contributed by atoms with van der Waals surface area (Å²) in [5, 5.41) is 9.47. The maximum atomic E-state index is 12.4. The average molecular weight is 297 g/mol. The van der Waals surface area contributed by atoms with Crippen LogP contribution in [-0.4, -0.2) is 60.1 Å². The van der Waals surface area contributed by atoms with E-state index in [2.05, 4.69) is 4.90 Å². The Hall–Kier alpha value is -1.10. The lowest BCUT2D eigenvalue weighted by atomic mass is 10.2. The summed E-state index contributed by atoms with van der Waals surface area (Å²) in [6, 6.07) is 7.11. The molecular weight excluding hydrogens is 276 g/mol. The maximum absolute atomic E-state index is 12.4. The van der Waals surface area contributed by atoms with Gasteiger partial charge in [-0.3, -0.25) is 4.79 Å². The smallest absolute Gasteiger partial charge is 0.253 e. The van der Waals surface area contributed by atoms with E-state index in [1.54, 1.807) is 18.2 Å². The lowest BCUT2D eigenvalue weighted by Crippen LogP contribution is -2.35. The van der Waals surface area contributed by atoms with E-state index < -0.39 is 0 Å². The molecule has 1 aliphatic rings. The van der Waals surface area contributed by atoms with Gasteiger partial charge in [0.1, 0.15) is 0 Å². The molecule has 20 heavy (non-hydrogen) atoms. The fraction of sp³-hybridized carbons (Fsp3) is 0.533. The van der Waals surface area contributed by atoms with Crippen molar-refractivity contribution in [2.75, 3.05) is 39.3 Å². The monoisotopic (exact) mass is 296 g/mol. The number of rotatable bonds is 4. The number of hydrogen-bond donors (Lipinski definition) is 1. The maximum Gasteiger partial charge on any atom is 0.253 e. The van der Waals surface area contributed by atoms with Gasteiger partial charge in [0, 0.05) is 43.4 Å². The highest BCUT2D eigenvalue weighted by molar-refractivity contribution is 6.30. The van der Waals surface area contributed by atoms with E-state index in [4.69, 9.17) is 16.7 Å². The second kappa shape index (κ2) is 7.62. The lowest BCUT2D eigenvalue weighted by Gasteiger charge is -2.22. The highest BCUT2D eigenvalue weighted by Gasteiger charge is 2.20. The van der Waals surface area contributed by atoms with Gasteiger partial charge in [-0.15, -0.1) is 0 Å². The van der Waals surface area contributed by atoms with Gasteiger partial charge in [-0.1, -0.05) is 17.7 Å². The zero-order chi connectivity index (χ0) is 14.4. The number of carbonyl (C=O) groups excluding carboxylic acids is 1. The summed E-state index contributed by atoms with van der Waals surface area (Å²) in [7, 11) is 0. The Balaban J connectivity index is 1.94. The van der Waals surface area contributed by atoms with Crippen LogP contribution < -0.4 is 0 Å². The number of aliphatic hydroxyl groups is 1. The Labute approximate surface area is 124 Å². The van der Waals surface area contributed by atoms with Gasteiger partial charge in [0.25, 0.3) is 5.91 Å². The molecule has 1 aromatic carbocycles. The van der Waals surface area contributed by atoms with E-state index in [1.807, 2.05) is 11.0 Å². The first kappa shape index (κ1) is 15.3. The van der Waals surface area contributed by atoms with Crippen LogP contribution in [0.5, 0.6) is 0 Å². The van der Waals surface area contributed by atoms with E-state index in [1.165, 1.54) is 0 Å². The molecule has 1 N–H and O–H groups in total. The minimum absolute atomic E-state index is 0.0523. The Kier molecular flexibility index (Phi) is 5.83. The van der Waals surface area contributed by atoms with Gasteiger partial charge in [-0.05, 0) is 37.6 Å². The molecular formula is C15H21ClN2O2. The van der Waals surface area contributed by atoms with Crippen molar-refractivity contribution >= 4 is 17.5 Å². The van der Waals surface area contributed by atoms with Crippen LogP contribution >= 0.6 is 11.6 Å². The summed E-state index contributed by atoms with van der Waals surface area (Å²) in [6.45, 7) is 4.49. The molecule has 0 unspecified atom stereocenters. The quantitative estimate of drug-likeness (QED) is 0.922. The van der Waals surface area contributed by atoms with Gasteiger partial charge in [0.2, 0.25) is 0 Å². The molecule has 0 spiro atoms. The van der Waals surface area contributed by atoms with Gasteiger partial charge in [-0.25, -0.2) is 0 Å². The SMILES string of the molecule is O=C(c1cccc(Cl)c1)N1CCCN(CCCO)CC1. The van der Waals surface area contributed by atoms with E-state index in [9.17, 15) is 4.79 Å². The topological polar surface area (TPSA) is 43.8 Å². The van der Waals surface area contributed by atoms with Crippen LogP contribution in [0, 0.1) is 0 Å². The number of aliphatic hydroxyl groups excluding tert-OH is 1. The van der Waals surface area contributed by atoms with Crippen LogP contribution in [0.15, 0.2) is 24.3 Å². The molecule has 0 atom stereocenters. The Morgan fingerprint density at radius 1 is 1.25 bits per heavy atom. The third-order valence-corrected chi connectivity index (χ3v) is 3.81. The standard InChI is InChI=1S/C15H21ClN2O2/c16-14-5-1-4-13(12-14)15(20)18-8-2-6-17(9-10-18)7-3-11-19/h1,4-5,12,19H,2-3,6-11H2. The molecule has 5 heteroatoms. The molecule has 110 valence electrons. The molecule has 1 aliphatic heterocycles. The molecule has 0 radical (unpaired) electrons. The Morgan fingerprint density at radius 3 is 2.85 bits per heavy atom. The molecule has 0 aromatic heterocycles. The lowest BCUT2D eigenvalue weighted by molar-refractivity contribution is 0.0761. The van der Waals surface area contributed by atoms with Crippen LogP contribution in [0.2, 0.25) is 5.02 Å². The minimum Gasteiger partial charge on any atom is -0.396 e. The van der Waals surface area contributed by atoms with Crippen molar-refractivity contribution in [3.8, 4) is 0 Å². The molecule has 1 fully saturated rings. The molecule has 1 aromatic rings. The fourth-order valence-corrected chi connectivity index (χ4v) is 2.69. The van der Waals surface area contributed by atoms with Gasteiger partial charge in [0.05, 0.1) is 0 Å². The predicted octanol–water partition coefficient (Wildman–Crippen LogP) is 1.87. The molecule has 4 nitrogen and oxygen atoms in total. The molecule has 1 amide bonds. The summed E-state index contributed by atoms with van der Waals surface area (Å²) >= 11 is 5.94. The number of nitrogens with zero attached hydrogens (tertiary/aromatic N) is 2. The highest BCUT2D eigenvalue weighted by atomic mass is 35.5. The van der Waals surface area contributed by atoms with E-state index in [0.29, 0.717) is 10.6 Å². The van der Waals surface area contributed by atoms with Crippen molar-refractivity contribution in [2.24, 2.45) is 0 Å². The first-order chi connectivity index (χ1) is 9.70. The number of halogens is 1. The minimum atomic E-state index is 0.0523. The third-order valence-electron chi connectivity index (χ3n) is 3.58. The van der Waals surface area contributed by atoms with Gasteiger partial charge in [0.15, 0.2) is 0 Å². The van der Waals surface area contributed by atoms with Crippen molar-refractivity contribution < 1.29 is 9.90 Å². The molecule has 1 heterocycles. The first-order valence-electron chi connectivity index (χ1n) is 7.09. The average Bonchev–Trinajstić information content (AvgIpc) is 2.70. The van der Waals surface area contributed by atoms with Crippen LogP contribution in [0.3, 0.4) is 0 Å². The van der Waals surface area contributed by atoms with Crippen molar-refractivity contribution in [1.29, 1.82) is 0 Å². The normalized spacial score (nSPS) is 17.0. The predicted molar refractivity (Wildman–Crippen MR) is 80.1 cm³/mol. The van der Waals surface area contributed by atoms with Crippen LogP contribution in [0.1, 0.15) is 23.2 Å². The van der Waals surface area contributed by atoms with E-state index >= 15 is 0 Å². The molecule has 0 bridgehead atoms. The summed E-state index contributed by atoms with van der Waals surface area (Å²) in [4.78, 5) is 16.6. The van der Waals surface area contributed by atoms with Crippen LogP contribution in [0.25, 0.3) is 0 Å². The number of amides is 1. The van der Waals surface area contributed by atoms with Crippen molar-refractivity contribution in [2.45, 2.75) is 12.8 Å². The second-order valence-corrected chi connectivity index (χ2v) is 5.51. The zero-order valence-corrected chi connectivity index (χ0v) is 12.4. The summed E-state index contributed by atoms with van der Waals surface area (Å²) in [5.41, 5.74) is 0.654. The molecule has 1 saturated heterocycles. The van der Waals surface area contributed by atoms with E-state index in [-0.39, 0.29) is 12.5 Å². The number of carbonyl (C=O) groups is 1. The number of hydrogen-bond acceptors (Lipinski definition) is 3. The van der Waals surface area contributed by atoms with Gasteiger partial charge < -0.3 is 14.9 Å². The largest absolute Gasteiger partial charge is 0.396 e. The van der Waals surface area contributed by atoms with E-state index in [0.717, 1.165) is 45.6 Å². The number of benzene rings is 1. The van der Waals surface area contributed by atoms with Crippen LogP contribution in [-0.2, 0) is 0 Å². The Morgan fingerprint density at radius 2 is 2.10 bits per heavy atom.